The molecule has 3 nitrogen and oxygen atoms in total. The average molecular weight is 244 g/mol. The Kier molecular flexibility index (Phi) is 4.53. The van der Waals surface area contributed by atoms with Crippen LogP contribution >= 0.6 is 0 Å². The van der Waals surface area contributed by atoms with Gasteiger partial charge in [-0.2, -0.15) is 0 Å². The van der Waals surface area contributed by atoms with Crippen LogP contribution < -0.4 is 5.32 Å². The van der Waals surface area contributed by atoms with Crippen molar-refractivity contribution in [3.05, 3.63) is 42.0 Å². The van der Waals surface area contributed by atoms with Crippen LogP contribution in [0.3, 0.4) is 0 Å². The van der Waals surface area contributed by atoms with Crippen LogP contribution in [0.1, 0.15) is 25.3 Å². The number of rotatable bonds is 4. The first-order valence-corrected chi connectivity index (χ1v) is 6.53. The first kappa shape index (κ1) is 12.8. The summed E-state index contributed by atoms with van der Waals surface area (Å²) in [5.41, 5.74) is 2.16. The zero-order valence-electron chi connectivity index (χ0n) is 10.9. The highest BCUT2D eigenvalue weighted by molar-refractivity contribution is 5.99. The average Bonchev–Trinajstić information content (AvgIpc) is 2.85. The largest absolute Gasteiger partial charge is 0.323 e. The smallest absolute Gasteiger partial charge is 0.248 e. The molecule has 96 valence electrons. The molecule has 1 aromatic rings. The highest BCUT2D eigenvalue weighted by atomic mass is 16.1. The van der Waals surface area contributed by atoms with Gasteiger partial charge in [-0.15, -0.1) is 0 Å². The van der Waals surface area contributed by atoms with Gasteiger partial charge >= 0.3 is 0 Å². The summed E-state index contributed by atoms with van der Waals surface area (Å²) in [5, 5.41) is 2.82. The number of allylic oxidation sites excluding steroid dienone is 1. The Morgan fingerprint density at radius 3 is 2.56 bits per heavy atom. The van der Waals surface area contributed by atoms with E-state index in [0.717, 1.165) is 12.2 Å². The lowest BCUT2D eigenvalue weighted by atomic mass is 10.2. The van der Waals surface area contributed by atoms with Crippen LogP contribution in [0.5, 0.6) is 0 Å². The van der Waals surface area contributed by atoms with Gasteiger partial charge in [0.15, 0.2) is 0 Å². The van der Waals surface area contributed by atoms with Crippen LogP contribution in [-0.2, 0) is 11.3 Å². The van der Waals surface area contributed by atoms with E-state index in [1.165, 1.54) is 37.6 Å². The Bertz CT molecular complexity index is 417. The third-order valence-electron chi connectivity index (χ3n) is 3.14. The van der Waals surface area contributed by atoms with E-state index in [-0.39, 0.29) is 5.91 Å². The van der Waals surface area contributed by atoms with Gasteiger partial charge in [0.1, 0.15) is 0 Å². The number of benzene rings is 1. The minimum atomic E-state index is -0.0789. The standard InChI is InChI=1S/C15H20N2O/c1-2-5-15(18)16-14-8-6-13(7-9-14)12-17-10-3-4-11-17/h2,5-9H,3-4,10-12H2,1H3,(H,16,18). The topological polar surface area (TPSA) is 32.3 Å². The Labute approximate surface area is 108 Å². The number of hydrogen-bond donors (Lipinski definition) is 1. The Morgan fingerprint density at radius 2 is 1.94 bits per heavy atom. The maximum absolute atomic E-state index is 11.4. The van der Waals surface area contributed by atoms with E-state index >= 15 is 0 Å². The van der Waals surface area contributed by atoms with Gasteiger partial charge in [-0.3, -0.25) is 9.69 Å². The second kappa shape index (κ2) is 6.36. The van der Waals surface area contributed by atoms with E-state index in [4.69, 9.17) is 0 Å². The van der Waals surface area contributed by atoms with E-state index < -0.39 is 0 Å². The number of carbonyl (C=O) groups is 1. The first-order valence-electron chi connectivity index (χ1n) is 6.53. The molecule has 0 saturated carbocycles. The molecule has 1 aliphatic heterocycles. The van der Waals surface area contributed by atoms with Crippen molar-refractivity contribution < 1.29 is 4.79 Å². The molecule has 2 rings (SSSR count). The maximum Gasteiger partial charge on any atom is 0.248 e. The third kappa shape index (κ3) is 3.70. The lowest BCUT2D eigenvalue weighted by molar-refractivity contribution is -0.111. The molecular formula is C15H20N2O. The van der Waals surface area contributed by atoms with E-state index in [1.807, 2.05) is 19.1 Å². The van der Waals surface area contributed by atoms with E-state index in [2.05, 4.69) is 22.3 Å². The van der Waals surface area contributed by atoms with Crippen LogP contribution in [0.25, 0.3) is 0 Å². The molecular weight excluding hydrogens is 224 g/mol. The van der Waals surface area contributed by atoms with Gasteiger partial charge in [0.25, 0.3) is 0 Å². The summed E-state index contributed by atoms with van der Waals surface area (Å²) in [6.45, 7) is 5.27. The quantitative estimate of drug-likeness (QED) is 0.826. The molecule has 0 aliphatic carbocycles. The van der Waals surface area contributed by atoms with Crippen LogP contribution in [-0.4, -0.2) is 23.9 Å². The molecule has 0 spiro atoms. The molecule has 1 amide bonds. The molecule has 0 atom stereocenters. The van der Waals surface area contributed by atoms with Crippen LogP contribution in [0.15, 0.2) is 36.4 Å². The summed E-state index contributed by atoms with van der Waals surface area (Å²) in [7, 11) is 0. The van der Waals surface area contributed by atoms with Crippen molar-refractivity contribution in [2.45, 2.75) is 26.3 Å². The summed E-state index contributed by atoms with van der Waals surface area (Å²) < 4.78 is 0. The molecule has 0 bridgehead atoms. The normalized spacial score (nSPS) is 16.3. The zero-order valence-corrected chi connectivity index (χ0v) is 10.9. The molecule has 1 N–H and O–H groups in total. The molecule has 0 unspecified atom stereocenters. The molecule has 1 saturated heterocycles. The molecule has 0 radical (unpaired) electrons. The van der Waals surface area contributed by atoms with Crippen molar-refractivity contribution in [3.8, 4) is 0 Å². The monoisotopic (exact) mass is 244 g/mol. The summed E-state index contributed by atoms with van der Waals surface area (Å²) in [6.07, 6.45) is 5.89. The summed E-state index contributed by atoms with van der Waals surface area (Å²) in [4.78, 5) is 13.8. The zero-order chi connectivity index (χ0) is 12.8. The van der Waals surface area contributed by atoms with Gasteiger partial charge in [-0.1, -0.05) is 18.2 Å². The molecule has 18 heavy (non-hydrogen) atoms. The van der Waals surface area contributed by atoms with Crippen molar-refractivity contribution in [1.29, 1.82) is 0 Å². The molecule has 1 heterocycles. The summed E-state index contributed by atoms with van der Waals surface area (Å²) >= 11 is 0. The molecule has 1 aliphatic rings. The van der Waals surface area contributed by atoms with E-state index in [1.54, 1.807) is 6.08 Å². The van der Waals surface area contributed by atoms with Crippen LogP contribution in [0.2, 0.25) is 0 Å². The predicted octanol–water partition coefficient (Wildman–Crippen LogP) is 2.80. The SMILES string of the molecule is CC=CC(=O)Nc1ccc(CN2CCCC2)cc1. The lowest BCUT2D eigenvalue weighted by Crippen LogP contribution is -2.18. The highest BCUT2D eigenvalue weighted by Gasteiger charge is 2.11. The number of anilines is 1. The number of likely N-dealkylation sites (tertiary alicyclic amines) is 1. The first-order chi connectivity index (χ1) is 8.78. The maximum atomic E-state index is 11.4. The van der Waals surface area contributed by atoms with Crippen molar-refractivity contribution in [2.24, 2.45) is 0 Å². The Hall–Kier alpha value is -1.61. The minimum absolute atomic E-state index is 0.0789. The van der Waals surface area contributed by atoms with E-state index in [0.29, 0.717) is 0 Å². The number of nitrogens with one attached hydrogen (secondary N) is 1. The van der Waals surface area contributed by atoms with Crippen LogP contribution in [0.4, 0.5) is 5.69 Å². The fourth-order valence-corrected chi connectivity index (χ4v) is 2.23. The highest BCUT2D eigenvalue weighted by Crippen LogP contribution is 2.15. The van der Waals surface area contributed by atoms with Crippen LogP contribution in [0, 0.1) is 0 Å². The molecule has 1 fully saturated rings. The second-order valence-electron chi connectivity index (χ2n) is 4.67. The summed E-state index contributed by atoms with van der Waals surface area (Å²) in [6, 6.07) is 8.10. The molecule has 0 aromatic heterocycles. The van der Waals surface area contributed by atoms with Crippen molar-refractivity contribution in [3.63, 3.8) is 0 Å². The van der Waals surface area contributed by atoms with Gasteiger partial charge in [-0.05, 0) is 56.6 Å². The van der Waals surface area contributed by atoms with E-state index in [9.17, 15) is 4.79 Å². The van der Waals surface area contributed by atoms with Crippen molar-refractivity contribution >= 4 is 11.6 Å². The fourth-order valence-electron chi connectivity index (χ4n) is 2.23. The molecule has 1 aromatic carbocycles. The van der Waals surface area contributed by atoms with Gasteiger partial charge in [-0.25, -0.2) is 0 Å². The Balaban J connectivity index is 1.90. The number of hydrogen-bond acceptors (Lipinski definition) is 2. The molecule has 3 heteroatoms. The number of carbonyl (C=O) groups excluding carboxylic acids is 1. The Morgan fingerprint density at radius 1 is 1.28 bits per heavy atom. The van der Waals surface area contributed by atoms with Crippen molar-refractivity contribution in [1.82, 2.24) is 4.90 Å². The minimum Gasteiger partial charge on any atom is -0.323 e. The number of amides is 1. The second-order valence-corrected chi connectivity index (χ2v) is 4.67. The third-order valence-corrected chi connectivity index (χ3v) is 3.14. The van der Waals surface area contributed by atoms with Gasteiger partial charge in [0.05, 0.1) is 0 Å². The lowest BCUT2D eigenvalue weighted by Gasteiger charge is -2.14. The summed E-state index contributed by atoms with van der Waals surface area (Å²) in [5.74, 6) is -0.0789. The van der Waals surface area contributed by atoms with Gasteiger partial charge in [0, 0.05) is 12.2 Å². The van der Waals surface area contributed by atoms with Gasteiger partial charge < -0.3 is 5.32 Å². The predicted molar refractivity (Wildman–Crippen MR) is 74.4 cm³/mol. The van der Waals surface area contributed by atoms with Gasteiger partial charge in [0.2, 0.25) is 5.91 Å². The van der Waals surface area contributed by atoms with Crippen molar-refractivity contribution in [2.75, 3.05) is 18.4 Å². The number of nitrogens with zero attached hydrogens (tertiary/aromatic N) is 1. The fraction of sp³-hybridized carbons (Fsp3) is 0.400.